The van der Waals surface area contributed by atoms with Gasteiger partial charge in [0.05, 0.1) is 18.9 Å². The number of nitrogens with zero attached hydrogens (tertiary/aromatic N) is 4. The van der Waals surface area contributed by atoms with Crippen LogP contribution in [0.3, 0.4) is 0 Å². The third-order valence-corrected chi connectivity index (χ3v) is 4.86. The molecular formula is C12H19N5O2S. The number of rotatable bonds is 5. The Bertz CT molecular complexity index is 581. The highest BCUT2D eigenvalue weighted by molar-refractivity contribution is 7.89. The molecule has 0 unspecified atom stereocenters. The molecule has 1 aromatic heterocycles. The van der Waals surface area contributed by atoms with Crippen LogP contribution in [0.5, 0.6) is 0 Å². The van der Waals surface area contributed by atoms with E-state index >= 15 is 0 Å². The molecule has 1 aliphatic heterocycles. The lowest BCUT2D eigenvalue weighted by atomic mass is 10.1. The third-order valence-electron chi connectivity index (χ3n) is 3.45. The van der Waals surface area contributed by atoms with E-state index < -0.39 is 10.0 Å². The fraction of sp³-hybridized carbons (Fsp3) is 0.667. The summed E-state index contributed by atoms with van der Waals surface area (Å²) >= 11 is 0. The first-order valence-electron chi connectivity index (χ1n) is 6.68. The van der Waals surface area contributed by atoms with Crippen molar-refractivity contribution in [2.75, 3.05) is 19.6 Å². The van der Waals surface area contributed by atoms with E-state index in [1.54, 1.807) is 4.57 Å². The lowest BCUT2D eigenvalue weighted by molar-refractivity contribution is 0.229. The van der Waals surface area contributed by atoms with Gasteiger partial charge in [0.25, 0.3) is 10.0 Å². The Morgan fingerprint density at radius 3 is 2.75 bits per heavy atom. The monoisotopic (exact) mass is 297 g/mol. The van der Waals surface area contributed by atoms with Crippen molar-refractivity contribution in [3.8, 4) is 6.07 Å². The predicted molar refractivity (Wildman–Crippen MR) is 73.3 cm³/mol. The minimum absolute atomic E-state index is 0.0683. The van der Waals surface area contributed by atoms with Crippen molar-refractivity contribution >= 4 is 10.0 Å². The number of imidazole rings is 1. The van der Waals surface area contributed by atoms with Crippen molar-refractivity contribution < 1.29 is 8.42 Å². The summed E-state index contributed by atoms with van der Waals surface area (Å²) < 4.78 is 28.8. The van der Waals surface area contributed by atoms with Gasteiger partial charge in [-0.2, -0.15) is 5.26 Å². The van der Waals surface area contributed by atoms with E-state index in [1.807, 2.05) is 11.8 Å². The first kappa shape index (κ1) is 15.0. The van der Waals surface area contributed by atoms with E-state index in [-0.39, 0.29) is 11.1 Å². The fourth-order valence-corrected chi connectivity index (χ4v) is 3.50. The molecule has 20 heavy (non-hydrogen) atoms. The smallest absolute Gasteiger partial charge is 0.259 e. The molecule has 8 heteroatoms. The Kier molecular flexibility index (Phi) is 4.75. The van der Waals surface area contributed by atoms with Crippen LogP contribution >= 0.6 is 0 Å². The Balaban J connectivity index is 1.95. The van der Waals surface area contributed by atoms with E-state index in [1.165, 1.54) is 12.5 Å². The highest BCUT2D eigenvalue weighted by Gasteiger charge is 2.25. The minimum Gasteiger partial charge on any atom is -0.336 e. The van der Waals surface area contributed by atoms with Gasteiger partial charge in [-0.25, -0.2) is 18.1 Å². The molecule has 0 saturated carbocycles. The van der Waals surface area contributed by atoms with Crippen molar-refractivity contribution in [2.24, 2.45) is 0 Å². The number of hydrogen-bond acceptors (Lipinski definition) is 5. The van der Waals surface area contributed by atoms with Crippen LogP contribution in [0.25, 0.3) is 0 Å². The minimum atomic E-state index is -3.54. The Morgan fingerprint density at radius 2 is 2.20 bits per heavy atom. The molecule has 0 atom stereocenters. The van der Waals surface area contributed by atoms with Gasteiger partial charge < -0.3 is 4.57 Å². The zero-order valence-corrected chi connectivity index (χ0v) is 12.3. The van der Waals surface area contributed by atoms with Gasteiger partial charge in [-0.3, -0.25) is 4.90 Å². The number of nitriles is 1. The van der Waals surface area contributed by atoms with Crippen LogP contribution in [0.15, 0.2) is 17.6 Å². The van der Waals surface area contributed by atoms with Crippen LogP contribution in [0.4, 0.5) is 0 Å². The summed E-state index contributed by atoms with van der Waals surface area (Å²) in [7, 11) is -3.54. The normalized spacial score (nSPS) is 18.0. The second-order valence-electron chi connectivity index (χ2n) is 4.87. The number of aryl methyl sites for hydroxylation is 1. The molecule has 1 N–H and O–H groups in total. The SMILES string of the molecule is CCn1cnc(S(=O)(=O)NC2CCN(CC#N)CC2)c1. The average molecular weight is 297 g/mol. The molecule has 0 spiro atoms. The summed E-state index contributed by atoms with van der Waals surface area (Å²) in [6.07, 6.45) is 4.49. The van der Waals surface area contributed by atoms with Gasteiger partial charge in [-0.1, -0.05) is 0 Å². The first-order valence-corrected chi connectivity index (χ1v) is 8.17. The van der Waals surface area contributed by atoms with E-state index in [9.17, 15) is 8.42 Å². The maximum atomic E-state index is 12.2. The largest absolute Gasteiger partial charge is 0.336 e. The zero-order valence-electron chi connectivity index (χ0n) is 11.5. The molecule has 1 fully saturated rings. The van der Waals surface area contributed by atoms with Gasteiger partial charge in [-0.15, -0.1) is 0 Å². The van der Waals surface area contributed by atoms with E-state index in [0.717, 1.165) is 25.9 Å². The molecule has 0 aromatic carbocycles. The topological polar surface area (TPSA) is 91.0 Å². The molecule has 1 saturated heterocycles. The predicted octanol–water partition coefficient (Wildman–Crippen LogP) is 0.169. The van der Waals surface area contributed by atoms with Crippen molar-refractivity contribution in [3.05, 3.63) is 12.5 Å². The van der Waals surface area contributed by atoms with Crippen molar-refractivity contribution in [2.45, 2.75) is 37.4 Å². The lowest BCUT2D eigenvalue weighted by Crippen LogP contribution is -2.44. The van der Waals surface area contributed by atoms with Crippen LogP contribution in [0.1, 0.15) is 19.8 Å². The second-order valence-corrected chi connectivity index (χ2v) is 6.53. The number of sulfonamides is 1. The summed E-state index contributed by atoms with van der Waals surface area (Å²) in [5.41, 5.74) is 0. The van der Waals surface area contributed by atoms with Gasteiger partial charge in [0, 0.05) is 31.9 Å². The third kappa shape index (κ3) is 3.56. The quantitative estimate of drug-likeness (QED) is 0.782. The fourth-order valence-electron chi connectivity index (χ4n) is 2.24. The van der Waals surface area contributed by atoms with E-state index in [2.05, 4.69) is 15.8 Å². The standard InChI is InChI=1S/C12H19N5O2S/c1-2-16-9-12(14-10-16)20(18,19)15-11-3-6-17(7-4-11)8-5-13/h9-11,15H,2-4,6-8H2,1H3. The summed E-state index contributed by atoms with van der Waals surface area (Å²) in [6, 6.07) is 2.03. The maximum Gasteiger partial charge on any atom is 0.259 e. The van der Waals surface area contributed by atoms with Crippen LogP contribution in [0.2, 0.25) is 0 Å². The maximum absolute atomic E-state index is 12.2. The summed E-state index contributed by atoms with van der Waals surface area (Å²) in [5.74, 6) is 0. The van der Waals surface area contributed by atoms with Crippen molar-refractivity contribution in [1.82, 2.24) is 19.2 Å². The molecule has 0 aliphatic carbocycles. The van der Waals surface area contributed by atoms with Crippen LogP contribution in [-0.2, 0) is 16.6 Å². The van der Waals surface area contributed by atoms with Crippen molar-refractivity contribution in [1.29, 1.82) is 5.26 Å². The molecule has 1 aromatic rings. The molecule has 110 valence electrons. The molecule has 2 rings (SSSR count). The Labute approximate surface area is 119 Å². The van der Waals surface area contributed by atoms with Gasteiger partial charge >= 0.3 is 0 Å². The number of likely N-dealkylation sites (tertiary alicyclic amines) is 1. The highest BCUT2D eigenvalue weighted by Crippen LogP contribution is 2.13. The highest BCUT2D eigenvalue weighted by atomic mass is 32.2. The molecule has 7 nitrogen and oxygen atoms in total. The van der Waals surface area contributed by atoms with Gasteiger partial charge in [0.2, 0.25) is 0 Å². The average Bonchev–Trinajstić information content (AvgIpc) is 2.91. The van der Waals surface area contributed by atoms with E-state index in [0.29, 0.717) is 13.1 Å². The Morgan fingerprint density at radius 1 is 1.50 bits per heavy atom. The van der Waals surface area contributed by atoms with Gasteiger partial charge in [0.15, 0.2) is 5.03 Å². The van der Waals surface area contributed by atoms with E-state index in [4.69, 9.17) is 5.26 Å². The molecule has 2 heterocycles. The number of aromatic nitrogens is 2. The summed E-state index contributed by atoms with van der Waals surface area (Å²) in [4.78, 5) is 5.95. The van der Waals surface area contributed by atoms with Crippen molar-refractivity contribution in [3.63, 3.8) is 0 Å². The Hall–Kier alpha value is -1.43. The van der Waals surface area contributed by atoms with Gasteiger partial charge in [0.1, 0.15) is 0 Å². The zero-order chi connectivity index (χ0) is 14.6. The second kappa shape index (κ2) is 6.35. The molecule has 0 radical (unpaired) electrons. The molecular weight excluding hydrogens is 278 g/mol. The van der Waals surface area contributed by atoms with Crippen LogP contribution in [-0.4, -0.2) is 48.5 Å². The number of hydrogen-bond donors (Lipinski definition) is 1. The summed E-state index contributed by atoms with van der Waals surface area (Å²) in [6.45, 7) is 4.50. The van der Waals surface area contributed by atoms with Crippen LogP contribution in [0, 0.1) is 11.3 Å². The molecule has 1 aliphatic rings. The number of nitrogens with one attached hydrogen (secondary N) is 1. The first-order chi connectivity index (χ1) is 9.55. The number of piperidine rings is 1. The molecule has 0 bridgehead atoms. The van der Waals surface area contributed by atoms with Gasteiger partial charge in [-0.05, 0) is 19.8 Å². The molecule has 0 amide bonds. The van der Waals surface area contributed by atoms with Crippen LogP contribution < -0.4 is 4.72 Å². The lowest BCUT2D eigenvalue weighted by Gasteiger charge is -2.30. The summed E-state index contributed by atoms with van der Waals surface area (Å²) in [5, 5.41) is 8.70.